The van der Waals surface area contributed by atoms with E-state index in [1.807, 2.05) is 0 Å². The van der Waals surface area contributed by atoms with Crippen LogP contribution in [0.5, 0.6) is 5.75 Å². The quantitative estimate of drug-likeness (QED) is 0.905. The van der Waals surface area contributed by atoms with Gasteiger partial charge in [0.15, 0.2) is 0 Å². The third-order valence-electron chi connectivity index (χ3n) is 4.37. The van der Waals surface area contributed by atoms with E-state index in [0.717, 1.165) is 38.2 Å². The van der Waals surface area contributed by atoms with Crippen LogP contribution in [0.25, 0.3) is 0 Å². The largest absolute Gasteiger partial charge is 0.490 e. The molecule has 0 aliphatic carbocycles. The maximum absolute atomic E-state index is 6.07. The lowest BCUT2D eigenvalue weighted by Crippen LogP contribution is -2.42. The number of hydrogen-bond acceptors (Lipinski definition) is 3. The summed E-state index contributed by atoms with van der Waals surface area (Å²) in [5.74, 6) is 1.65. The Hall–Kier alpha value is -1.06. The van der Waals surface area contributed by atoms with Crippen LogP contribution >= 0.6 is 0 Å². The van der Waals surface area contributed by atoms with Gasteiger partial charge in [0, 0.05) is 25.0 Å². The van der Waals surface area contributed by atoms with Crippen molar-refractivity contribution >= 4 is 0 Å². The van der Waals surface area contributed by atoms with Crippen molar-refractivity contribution in [1.29, 1.82) is 0 Å². The van der Waals surface area contributed by atoms with Gasteiger partial charge in [-0.15, -0.1) is 0 Å². The second-order valence-corrected chi connectivity index (χ2v) is 5.81. The number of fused-ring (bicyclic) bond motifs is 1. The van der Waals surface area contributed by atoms with E-state index in [2.05, 4.69) is 37.5 Å². The Morgan fingerprint density at radius 1 is 1.37 bits per heavy atom. The third-order valence-corrected chi connectivity index (χ3v) is 4.37. The van der Waals surface area contributed by atoms with E-state index in [9.17, 15) is 0 Å². The Labute approximate surface area is 115 Å². The number of ether oxygens (including phenoxy) is 2. The zero-order valence-electron chi connectivity index (χ0n) is 11.8. The molecule has 1 fully saturated rings. The smallest absolute Gasteiger partial charge is 0.123 e. The molecule has 2 aliphatic rings. The van der Waals surface area contributed by atoms with Crippen LogP contribution in [0.3, 0.4) is 0 Å². The van der Waals surface area contributed by atoms with Crippen molar-refractivity contribution in [2.45, 2.75) is 38.3 Å². The van der Waals surface area contributed by atoms with Crippen LogP contribution in [-0.2, 0) is 11.2 Å². The fraction of sp³-hybridized carbons (Fsp3) is 0.625. The normalized spacial score (nSPS) is 29.9. The van der Waals surface area contributed by atoms with Gasteiger partial charge < -0.3 is 14.8 Å². The molecule has 3 unspecified atom stereocenters. The molecule has 0 amide bonds. The van der Waals surface area contributed by atoms with Gasteiger partial charge in [0.1, 0.15) is 11.9 Å². The van der Waals surface area contributed by atoms with Gasteiger partial charge in [-0.1, -0.05) is 17.7 Å². The molecule has 0 radical (unpaired) electrons. The van der Waals surface area contributed by atoms with E-state index in [1.165, 1.54) is 11.1 Å². The predicted octanol–water partition coefficient (Wildman–Crippen LogP) is 2.31. The van der Waals surface area contributed by atoms with Crippen LogP contribution in [-0.4, -0.2) is 32.4 Å². The van der Waals surface area contributed by atoms with E-state index in [4.69, 9.17) is 9.47 Å². The Balaban J connectivity index is 1.63. The molecule has 3 heteroatoms. The third kappa shape index (κ3) is 2.77. The second-order valence-electron chi connectivity index (χ2n) is 5.81. The van der Waals surface area contributed by atoms with Crippen molar-refractivity contribution < 1.29 is 9.47 Å². The highest BCUT2D eigenvalue weighted by molar-refractivity contribution is 5.40. The predicted molar refractivity (Wildman–Crippen MR) is 75.7 cm³/mol. The lowest BCUT2D eigenvalue weighted by atomic mass is 9.89. The highest BCUT2D eigenvalue weighted by Crippen LogP contribution is 2.33. The summed E-state index contributed by atoms with van der Waals surface area (Å²) in [7, 11) is 2.05. The number of rotatable bonds is 3. The SMILES string of the molecule is CNC1CCOCC1CC1Cc2cc(C)ccc2O1. The van der Waals surface area contributed by atoms with Gasteiger partial charge in [0.2, 0.25) is 0 Å². The number of aryl methyl sites for hydroxylation is 1. The van der Waals surface area contributed by atoms with E-state index in [1.54, 1.807) is 0 Å². The van der Waals surface area contributed by atoms with Crippen molar-refractivity contribution in [3.63, 3.8) is 0 Å². The molecule has 0 saturated carbocycles. The van der Waals surface area contributed by atoms with E-state index < -0.39 is 0 Å². The molecule has 2 heterocycles. The van der Waals surface area contributed by atoms with Crippen LogP contribution < -0.4 is 10.1 Å². The van der Waals surface area contributed by atoms with Crippen LogP contribution in [0.1, 0.15) is 24.0 Å². The Morgan fingerprint density at radius 2 is 2.26 bits per heavy atom. The Kier molecular flexibility index (Phi) is 3.76. The van der Waals surface area contributed by atoms with Crippen LogP contribution in [0, 0.1) is 12.8 Å². The summed E-state index contributed by atoms with van der Waals surface area (Å²) in [6, 6.07) is 7.06. The molecule has 3 nitrogen and oxygen atoms in total. The summed E-state index contributed by atoms with van der Waals surface area (Å²) in [5, 5.41) is 3.42. The van der Waals surface area contributed by atoms with Crippen molar-refractivity contribution in [3.05, 3.63) is 29.3 Å². The summed E-state index contributed by atoms with van der Waals surface area (Å²) in [6.07, 6.45) is 3.56. The Morgan fingerprint density at radius 3 is 3.11 bits per heavy atom. The maximum Gasteiger partial charge on any atom is 0.123 e. The lowest BCUT2D eigenvalue weighted by molar-refractivity contribution is 0.0170. The van der Waals surface area contributed by atoms with Gasteiger partial charge in [-0.3, -0.25) is 0 Å². The monoisotopic (exact) mass is 261 g/mol. The molecule has 0 bridgehead atoms. The topological polar surface area (TPSA) is 30.5 Å². The standard InChI is InChI=1S/C16H23NO2/c1-11-3-4-16-12(7-11)8-14(19-16)9-13-10-18-6-5-15(13)17-2/h3-4,7,13-15,17H,5-6,8-10H2,1-2H3. The first-order valence-corrected chi connectivity index (χ1v) is 7.27. The minimum Gasteiger partial charge on any atom is -0.490 e. The van der Waals surface area contributed by atoms with E-state index in [-0.39, 0.29) is 0 Å². The summed E-state index contributed by atoms with van der Waals surface area (Å²) < 4.78 is 11.7. The molecule has 3 rings (SSSR count). The average Bonchev–Trinajstić information content (AvgIpc) is 2.80. The second kappa shape index (κ2) is 5.51. The zero-order valence-corrected chi connectivity index (χ0v) is 11.8. The molecular weight excluding hydrogens is 238 g/mol. The molecule has 3 atom stereocenters. The van der Waals surface area contributed by atoms with E-state index in [0.29, 0.717) is 18.1 Å². The molecule has 1 aromatic rings. The molecule has 0 spiro atoms. The lowest BCUT2D eigenvalue weighted by Gasteiger charge is -2.32. The van der Waals surface area contributed by atoms with Gasteiger partial charge in [-0.25, -0.2) is 0 Å². The van der Waals surface area contributed by atoms with Crippen LogP contribution in [0.4, 0.5) is 0 Å². The number of benzene rings is 1. The molecule has 2 aliphatic heterocycles. The van der Waals surface area contributed by atoms with Crippen LogP contribution in [0.2, 0.25) is 0 Å². The fourth-order valence-electron chi connectivity index (χ4n) is 3.33. The van der Waals surface area contributed by atoms with Crippen molar-refractivity contribution in [3.8, 4) is 5.75 Å². The molecule has 104 valence electrons. The minimum atomic E-state index is 0.319. The highest BCUT2D eigenvalue weighted by Gasteiger charge is 2.31. The molecular formula is C16H23NO2. The first-order chi connectivity index (χ1) is 9.26. The summed E-state index contributed by atoms with van der Waals surface area (Å²) in [4.78, 5) is 0. The molecule has 19 heavy (non-hydrogen) atoms. The summed E-state index contributed by atoms with van der Waals surface area (Å²) in [5.41, 5.74) is 2.68. The fourth-order valence-corrected chi connectivity index (χ4v) is 3.33. The van der Waals surface area contributed by atoms with Gasteiger partial charge in [-0.05, 0) is 38.4 Å². The van der Waals surface area contributed by atoms with E-state index >= 15 is 0 Å². The van der Waals surface area contributed by atoms with Crippen LogP contribution in [0.15, 0.2) is 18.2 Å². The highest BCUT2D eigenvalue weighted by atomic mass is 16.5. The molecule has 0 aromatic heterocycles. The van der Waals surface area contributed by atoms with Gasteiger partial charge in [-0.2, -0.15) is 0 Å². The summed E-state index contributed by atoms with van der Waals surface area (Å²) in [6.45, 7) is 3.88. The summed E-state index contributed by atoms with van der Waals surface area (Å²) >= 11 is 0. The van der Waals surface area contributed by atoms with Crippen molar-refractivity contribution in [2.24, 2.45) is 5.92 Å². The number of hydrogen-bond donors (Lipinski definition) is 1. The maximum atomic E-state index is 6.07. The Bertz CT molecular complexity index is 446. The van der Waals surface area contributed by atoms with Gasteiger partial charge >= 0.3 is 0 Å². The van der Waals surface area contributed by atoms with Crippen molar-refractivity contribution in [1.82, 2.24) is 5.32 Å². The average molecular weight is 261 g/mol. The molecule has 1 saturated heterocycles. The zero-order chi connectivity index (χ0) is 13.2. The molecule has 1 aromatic carbocycles. The first-order valence-electron chi connectivity index (χ1n) is 7.27. The van der Waals surface area contributed by atoms with Gasteiger partial charge in [0.05, 0.1) is 6.61 Å². The minimum absolute atomic E-state index is 0.319. The first kappa shape index (κ1) is 12.9. The molecule has 1 N–H and O–H groups in total. The number of nitrogens with one attached hydrogen (secondary N) is 1. The van der Waals surface area contributed by atoms with Crippen molar-refractivity contribution in [2.75, 3.05) is 20.3 Å². The van der Waals surface area contributed by atoms with Gasteiger partial charge in [0.25, 0.3) is 0 Å².